The summed E-state index contributed by atoms with van der Waals surface area (Å²) < 4.78 is 20.7. The van der Waals surface area contributed by atoms with Crippen LogP contribution in [0.15, 0.2) is 0 Å². The molecule has 0 aromatic rings. The third-order valence-electron chi connectivity index (χ3n) is 4.01. The van der Waals surface area contributed by atoms with E-state index in [1.165, 1.54) is 7.11 Å². The topological polar surface area (TPSA) is 71.1 Å². The van der Waals surface area contributed by atoms with Crippen molar-refractivity contribution in [2.24, 2.45) is 11.8 Å². The fourth-order valence-electron chi connectivity index (χ4n) is 2.62. The molecule has 134 valence electrons. The molecule has 0 bridgehead atoms. The molecule has 0 radical (unpaired) electrons. The molecule has 0 saturated heterocycles. The first-order chi connectivity index (χ1) is 10.9. The molecule has 1 rings (SSSR count). The Morgan fingerprint density at radius 1 is 0.913 bits per heavy atom. The molecule has 23 heavy (non-hydrogen) atoms. The molecule has 1 saturated carbocycles. The number of methoxy groups -OCH3 is 1. The van der Waals surface area contributed by atoms with Gasteiger partial charge in [0.2, 0.25) is 0 Å². The van der Waals surface area contributed by atoms with E-state index in [1.54, 1.807) is 6.92 Å². The lowest BCUT2D eigenvalue weighted by atomic mass is 9.83. The van der Waals surface area contributed by atoms with Crippen molar-refractivity contribution in [3.8, 4) is 0 Å². The zero-order valence-electron chi connectivity index (χ0n) is 14.7. The molecule has 0 spiro atoms. The predicted octanol–water partition coefficient (Wildman–Crippen LogP) is 2.69. The summed E-state index contributed by atoms with van der Waals surface area (Å²) in [6.07, 6.45) is 3.77. The molecule has 1 aliphatic carbocycles. The van der Waals surface area contributed by atoms with Crippen LogP contribution >= 0.6 is 0 Å². The highest BCUT2D eigenvalue weighted by Gasteiger charge is 2.23. The van der Waals surface area contributed by atoms with Crippen molar-refractivity contribution in [2.45, 2.75) is 65.3 Å². The van der Waals surface area contributed by atoms with Crippen LogP contribution in [0.3, 0.4) is 0 Å². The van der Waals surface area contributed by atoms with Crippen molar-refractivity contribution in [1.82, 2.24) is 0 Å². The fraction of sp³-hybridized carbons (Fsp3) is 0.882. The van der Waals surface area contributed by atoms with Crippen LogP contribution in [0.4, 0.5) is 0 Å². The molecule has 0 aromatic carbocycles. The van der Waals surface area contributed by atoms with Gasteiger partial charge in [-0.3, -0.25) is 9.59 Å². The van der Waals surface area contributed by atoms with Gasteiger partial charge in [0, 0.05) is 6.61 Å². The van der Waals surface area contributed by atoms with E-state index in [0.717, 1.165) is 32.3 Å². The Labute approximate surface area is 138 Å². The number of esters is 2. The number of carbonyl (C=O) groups is 2. The van der Waals surface area contributed by atoms with Gasteiger partial charge in [-0.1, -0.05) is 0 Å². The third-order valence-corrected chi connectivity index (χ3v) is 4.01. The summed E-state index contributed by atoms with van der Waals surface area (Å²) in [6, 6.07) is 0. The van der Waals surface area contributed by atoms with Crippen LogP contribution in [0.1, 0.15) is 52.9 Å². The summed E-state index contributed by atoms with van der Waals surface area (Å²) in [5.41, 5.74) is 0. The van der Waals surface area contributed by atoms with E-state index in [2.05, 4.69) is 18.6 Å². The number of rotatable bonds is 9. The average Bonchev–Trinajstić information content (AvgIpc) is 2.51. The van der Waals surface area contributed by atoms with Crippen molar-refractivity contribution < 1.29 is 28.5 Å². The highest BCUT2D eigenvalue weighted by atomic mass is 16.7. The van der Waals surface area contributed by atoms with Gasteiger partial charge in [0.25, 0.3) is 0 Å². The minimum Gasteiger partial charge on any atom is -0.469 e. The highest BCUT2D eigenvalue weighted by molar-refractivity contribution is 5.91. The van der Waals surface area contributed by atoms with Gasteiger partial charge < -0.3 is 18.9 Å². The molecule has 1 atom stereocenters. The second kappa shape index (κ2) is 10.6. The molecule has 1 fully saturated rings. The van der Waals surface area contributed by atoms with Crippen LogP contribution in [0.2, 0.25) is 0 Å². The Morgan fingerprint density at radius 2 is 1.43 bits per heavy atom. The normalized spacial score (nSPS) is 22.7. The van der Waals surface area contributed by atoms with Gasteiger partial charge in [-0.25, -0.2) is 0 Å². The summed E-state index contributed by atoms with van der Waals surface area (Å²) >= 11 is 0. The summed E-state index contributed by atoms with van der Waals surface area (Å²) in [7, 11) is 1.23. The first-order valence-corrected chi connectivity index (χ1v) is 8.40. The van der Waals surface area contributed by atoms with Crippen LogP contribution in [-0.2, 0) is 28.5 Å². The molecule has 0 amide bonds. The lowest BCUT2D eigenvalue weighted by molar-refractivity contribution is -0.179. The standard InChI is InChI=1S/C17H30O6/c1-12(2)21-10-14-5-7-15(8-6-14)11-22-13(3)23-17(19)9-16(18)20-4/h12-15H,5-11H2,1-4H3. The van der Waals surface area contributed by atoms with Crippen molar-refractivity contribution in [3.05, 3.63) is 0 Å². The third kappa shape index (κ3) is 8.91. The van der Waals surface area contributed by atoms with Crippen molar-refractivity contribution in [3.63, 3.8) is 0 Å². The monoisotopic (exact) mass is 330 g/mol. The van der Waals surface area contributed by atoms with Gasteiger partial charge >= 0.3 is 11.9 Å². The zero-order chi connectivity index (χ0) is 17.2. The first-order valence-electron chi connectivity index (χ1n) is 8.40. The average molecular weight is 330 g/mol. The summed E-state index contributed by atoms with van der Waals surface area (Å²) in [6.45, 7) is 7.19. The maximum atomic E-state index is 11.4. The molecule has 0 aliphatic heterocycles. The SMILES string of the molecule is COC(=O)CC(=O)OC(C)OCC1CCC(COC(C)C)CC1. The van der Waals surface area contributed by atoms with E-state index in [0.29, 0.717) is 18.4 Å². The largest absolute Gasteiger partial charge is 0.469 e. The molecule has 0 aromatic heterocycles. The van der Waals surface area contributed by atoms with Gasteiger partial charge in [-0.15, -0.1) is 0 Å². The van der Waals surface area contributed by atoms with E-state index in [9.17, 15) is 9.59 Å². The fourth-order valence-corrected chi connectivity index (χ4v) is 2.62. The summed E-state index contributed by atoms with van der Waals surface area (Å²) in [4.78, 5) is 22.4. The Balaban J connectivity index is 2.14. The Kier molecular flexibility index (Phi) is 9.17. The van der Waals surface area contributed by atoms with Crippen LogP contribution in [0.25, 0.3) is 0 Å². The first kappa shape index (κ1) is 19.9. The number of ether oxygens (including phenoxy) is 4. The second-order valence-corrected chi connectivity index (χ2v) is 6.41. The van der Waals surface area contributed by atoms with Crippen LogP contribution in [0.5, 0.6) is 0 Å². The molecule has 1 aliphatic rings. The number of hydrogen-bond donors (Lipinski definition) is 0. The molecule has 1 unspecified atom stereocenters. The van der Waals surface area contributed by atoms with E-state index >= 15 is 0 Å². The maximum absolute atomic E-state index is 11.4. The lowest BCUT2D eigenvalue weighted by Gasteiger charge is -2.29. The van der Waals surface area contributed by atoms with Gasteiger partial charge in [-0.2, -0.15) is 0 Å². The molecular formula is C17H30O6. The molecule has 0 heterocycles. The Hall–Kier alpha value is -1.14. The van der Waals surface area contributed by atoms with Gasteiger partial charge in [0.15, 0.2) is 6.29 Å². The minimum absolute atomic E-state index is 0.289. The van der Waals surface area contributed by atoms with Crippen molar-refractivity contribution in [2.75, 3.05) is 20.3 Å². The number of carbonyl (C=O) groups excluding carboxylic acids is 2. The van der Waals surface area contributed by atoms with Gasteiger partial charge in [0.05, 0.1) is 19.8 Å². The summed E-state index contributed by atoms with van der Waals surface area (Å²) in [5, 5.41) is 0. The smallest absolute Gasteiger partial charge is 0.319 e. The molecule has 6 heteroatoms. The molecular weight excluding hydrogens is 300 g/mol. The maximum Gasteiger partial charge on any atom is 0.319 e. The Morgan fingerprint density at radius 3 is 1.91 bits per heavy atom. The van der Waals surface area contributed by atoms with Gasteiger partial charge in [-0.05, 0) is 58.3 Å². The van der Waals surface area contributed by atoms with Crippen LogP contribution < -0.4 is 0 Å². The van der Waals surface area contributed by atoms with E-state index in [4.69, 9.17) is 14.2 Å². The quantitative estimate of drug-likeness (QED) is 0.368. The van der Waals surface area contributed by atoms with E-state index in [1.807, 2.05) is 0 Å². The molecule has 0 N–H and O–H groups in total. The molecule has 6 nitrogen and oxygen atoms in total. The van der Waals surface area contributed by atoms with Crippen LogP contribution in [-0.4, -0.2) is 44.7 Å². The van der Waals surface area contributed by atoms with E-state index in [-0.39, 0.29) is 12.5 Å². The van der Waals surface area contributed by atoms with Gasteiger partial charge in [0.1, 0.15) is 6.42 Å². The Bertz CT molecular complexity index is 360. The summed E-state index contributed by atoms with van der Waals surface area (Å²) in [5.74, 6) is -0.0981. The predicted molar refractivity (Wildman–Crippen MR) is 84.7 cm³/mol. The van der Waals surface area contributed by atoms with E-state index < -0.39 is 18.2 Å². The number of hydrogen-bond acceptors (Lipinski definition) is 6. The van der Waals surface area contributed by atoms with Crippen molar-refractivity contribution in [1.29, 1.82) is 0 Å². The van der Waals surface area contributed by atoms with Crippen LogP contribution in [0, 0.1) is 11.8 Å². The lowest BCUT2D eigenvalue weighted by Crippen LogP contribution is -2.26. The minimum atomic E-state index is -0.644. The zero-order valence-corrected chi connectivity index (χ0v) is 14.7. The van der Waals surface area contributed by atoms with Crippen molar-refractivity contribution >= 4 is 11.9 Å². The highest BCUT2D eigenvalue weighted by Crippen LogP contribution is 2.29. The second-order valence-electron chi connectivity index (χ2n) is 6.41.